The van der Waals surface area contributed by atoms with Gasteiger partial charge >= 0.3 is 0 Å². The van der Waals surface area contributed by atoms with E-state index in [0.29, 0.717) is 28.1 Å². The number of carbonyl (C=O) groups is 2. The molecule has 3 rings (SSSR count). The van der Waals surface area contributed by atoms with Crippen LogP contribution in [0.15, 0.2) is 54.2 Å². The van der Waals surface area contributed by atoms with Gasteiger partial charge in [0.05, 0.1) is 22.9 Å². The molecule has 2 aromatic carbocycles. The molecule has 0 bridgehead atoms. The first-order chi connectivity index (χ1) is 15.8. The Morgan fingerprint density at radius 3 is 2.64 bits per heavy atom. The molecule has 3 aromatic rings. The van der Waals surface area contributed by atoms with Gasteiger partial charge in [-0.05, 0) is 43.7 Å². The van der Waals surface area contributed by atoms with Gasteiger partial charge in [0.15, 0.2) is 11.0 Å². The second-order valence-electron chi connectivity index (χ2n) is 7.26. The predicted molar refractivity (Wildman–Crippen MR) is 133 cm³/mol. The zero-order valence-electron chi connectivity index (χ0n) is 18.2. The molecule has 0 aliphatic rings. The maximum absolute atomic E-state index is 12.5. The van der Waals surface area contributed by atoms with Crippen LogP contribution in [0.5, 0.6) is 0 Å². The second kappa shape index (κ2) is 11.4. The highest BCUT2D eigenvalue weighted by Crippen LogP contribution is 2.22. The van der Waals surface area contributed by atoms with E-state index in [9.17, 15) is 9.59 Å². The van der Waals surface area contributed by atoms with Crippen molar-refractivity contribution in [2.45, 2.75) is 32.1 Å². The van der Waals surface area contributed by atoms with Gasteiger partial charge in [0, 0.05) is 17.3 Å². The predicted octanol–water partition coefficient (Wildman–Crippen LogP) is 5.05. The molecule has 0 saturated carbocycles. The number of allylic oxidation sites excluding steroid dienone is 1. The Hall–Kier alpha value is -2.81. The summed E-state index contributed by atoms with van der Waals surface area (Å²) in [7, 11) is 0. The van der Waals surface area contributed by atoms with Crippen LogP contribution in [-0.2, 0) is 17.9 Å². The lowest BCUT2D eigenvalue weighted by Crippen LogP contribution is -2.25. The maximum atomic E-state index is 12.5. The number of nitrogens with one attached hydrogen (secondary N) is 2. The van der Waals surface area contributed by atoms with Crippen molar-refractivity contribution in [1.82, 2.24) is 20.1 Å². The third-order valence-corrected chi connectivity index (χ3v) is 6.19. The lowest BCUT2D eigenvalue weighted by atomic mass is 10.1. The molecule has 172 valence electrons. The fourth-order valence-corrected chi connectivity index (χ4v) is 4.33. The zero-order chi connectivity index (χ0) is 24.0. The van der Waals surface area contributed by atoms with Gasteiger partial charge < -0.3 is 15.2 Å². The van der Waals surface area contributed by atoms with E-state index in [4.69, 9.17) is 23.2 Å². The van der Waals surface area contributed by atoms with Crippen LogP contribution in [-0.4, -0.2) is 32.3 Å². The molecule has 7 nitrogen and oxygen atoms in total. The summed E-state index contributed by atoms with van der Waals surface area (Å²) in [5.41, 5.74) is 3.23. The van der Waals surface area contributed by atoms with Crippen LogP contribution in [0.3, 0.4) is 0 Å². The van der Waals surface area contributed by atoms with Gasteiger partial charge in [0.25, 0.3) is 5.91 Å². The fraction of sp³-hybridized carbons (Fsp3) is 0.217. The molecular weight excluding hydrogens is 481 g/mol. The summed E-state index contributed by atoms with van der Waals surface area (Å²) in [6.45, 7) is 8.29. The number of carbonyl (C=O) groups excluding carboxylic acids is 2. The summed E-state index contributed by atoms with van der Waals surface area (Å²) in [5.74, 6) is 0.194. The van der Waals surface area contributed by atoms with Gasteiger partial charge in [-0.3, -0.25) is 9.59 Å². The molecule has 10 heteroatoms. The van der Waals surface area contributed by atoms with Crippen molar-refractivity contribution in [1.29, 1.82) is 0 Å². The normalized spacial score (nSPS) is 10.7. The standard InChI is InChI=1S/C23H23Cl2N5O2S/c1-4-9-30-20(12-26-22(32)17-7-6-16(24)11-18(17)25)28-29-23(30)33-13-21(31)27-19-8-5-14(2)10-15(19)3/h4-8,10-11H,1,9,12-13H2,2-3H3,(H,26,32)(H,27,31). The van der Waals surface area contributed by atoms with E-state index in [2.05, 4.69) is 27.4 Å². The molecule has 0 aliphatic carbocycles. The molecule has 0 unspecified atom stereocenters. The smallest absolute Gasteiger partial charge is 0.253 e. The minimum absolute atomic E-state index is 0.133. The second-order valence-corrected chi connectivity index (χ2v) is 9.05. The number of aryl methyl sites for hydroxylation is 2. The van der Waals surface area contributed by atoms with E-state index in [1.54, 1.807) is 22.8 Å². The number of amides is 2. The number of nitrogens with zero attached hydrogens (tertiary/aromatic N) is 3. The quantitative estimate of drug-likeness (QED) is 0.315. The molecular formula is C23H23Cl2N5O2S. The summed E-state index contributed by atoms with van der Waals surface area (Å²) >= 11 is 13.3. The Balaban J connectivity index is 1.63. The zero-order valence-corrected chi connectivity index (χ0v) is 20.5. The summed E-state index contributed by atoms with van der Waals surface area (Å²) in [5, 5.41) is 15.3. The van der Waals surface area contributed by atoms with E-state index in [1.165, 1.54) is 17.8 Å². The Labute approximate surface area is 206 Å². The summed E-state index contributed by atoms with van der Waals surface area (Å²) in [6.07, 6.45) is 1.70. The Morgan fingerprint density at radius 1 is 1.15 bits per heavy atom. The average molecular weight is 504 g/mol. The summed E-state index contributed by atoms with van der Waals surface area (Å²) in [6, 6.07) is 10.5. The molecule has 0 saturated heterocycles. The molecule has 0 fully saturated rings. The SMILES string of the molecule is C=CCn1c(CNC(=O)c2ccc(Cl)cc2Cl)nnc1SCC(=O)Nc1ccc(C)cc1C. The number of rotatable bonds is 9. The number of hydrogen-bond acceptors (Lipinski definition) is 5. The van der Waals surface area contributed by atoms with Gasteiger partial charge in [0.2, 0.25) is 5.91 Å². The lowest BCUT2D eigenvalue weighted by Gasteiger charge is -2.10. The lowest BCUT2D eigenvalue weighted by molar-refractivity contribution is -0.113. The molecule has 0 spiro atoms. The first-order valence-electron chi connectivity index (χ1n) is 10.0. The Kier molecular flexibility index (Phi) is 8.55. The van der Waals surface area contributed by atoms with E-state index in [-0.39, 0.29) is 29.1 Å². The van der Waals surface area contributed by atoms with Crippen LogP contribution in [0.2, 0.25) is 10.0 Å². The third kappa shape index (κ3) is 6.60. The van der Waals surface area contributed by atoms with Gasteiger partial charge in [-0.25, -0.2) is 0 Å². The summed E-state index contributed by atoms with van der Waals surface area (Å²) in [4.78, 5) is 24.9. The molecule has 0 radical (unpaired) electrons. The molecule has 1 heterocycles. The van der Waals surface area contributed by atoms with Crippen molar-refractivity contribution in [2.24, 2.45) is 0 Å². The van der Waals surface area contributed by atoms with Gasteiger partial charge in [-0.2, -0.15) is 0 Å². The molecule has 2 N–H and O–H groups in total. The fourth-order valence-electron chi connectivity index (χ4n) is 3.07. The minimum atomic E-state index is -0.355. The van der Waals surface area contributed by atoms with Crippen molar-refractivity contribution in [3.63, 3.8) is 0 Å². The highest BCUT2D eigenvalue weighted by atomic mass is 35.5. The summed E-state index contributed by atoms with van der Waals surface area (Å²) < 4.78 is 1.80. The molecule has 33 heavy (non-hydrogen) atoms. The van der Waals surface area contributed by atoms with E-state index in [1.807, 2.05) is 32.0 Å². The van der Waals surface area contributed by atoms with Crippen molar-refractivity contribution in [3.8, 4) is 0 Å². The molecule has 0 aliphatic heterocycles. The Morgan fingerprint density at radius 2 is 1.94 bits per heavy atom. The number of hydrogen-bond donors (Lipinski definition) is 2. The van der Waals surface area contributed by atoms with Crippen molar-refractivity contribution in [3.05, 3.63) is 81.6 Å². The van der Waals surface area contributed by atoms with E-state index in [0.717, 1.165) is 16.8 Å². The molecule has 0 atom stereocenters. The number of aromatic nitrogens is 3. The van der Waals surface area contributed by atoms with Gasteiger partial charge in [0.1, 0.15) is 0 Å². The van der Waals surface area contributed by atoms with Crippen LogP contribution < -0.4 is 10.6 Å². The first-order valence-corrected chi connectivity index (χ1v) is 11.8. The topological polar surface area (TPSA) is 88.9 Å². The number of anilines is 1. The first kappa shape index (κ1) is 24.8. The van der Waals surface area contributed by atoms with Gasteiger partial charge in [-0.1, -0.05) is 58.7 Å². The monoisotopic (exact) mass is 503 g/mol. The van der Waals surface area contributed by atoms with Crippen LogP contribution in [0.1, 0.15) is 27.3 Å². The van der Waals surface area contributed by atoms with E-state index < -0.39 is 0 Å². The van der Waals surface area contributed by atoms with Gasteiger partial charge in [-0.15, -0.1) is 16.8 Å². The third-order valence-electron chi connectivity index (χ3n) is 4.68. The number of thioether (sulfide) groups is 1. The van der Waals surface area contributed by atoms with Crippen molar-refractivity contribution >= 4 is 52.5 Å². The van der Waals surface area contributed by atoms with Crippen LogP contribution >= 0.6 is 35.0 Å². The molecule has 2 amide bonds. The average Bonchev–Trinajstić information content (AvgIpc) is 3.14. The molecule has 1 aromatic heterocycles. The number of halogens is 2. The number of benzene rings is 2. The van der Waals surface area contributed by atoms with Crippen molar-refractivity contribution in [2.75, 3.05) is 11.1 Å². The largest absolute Gasteiger partial charge is 0.345 e. The van der Waals surface area contributed by atoms with Crippen LogP contribution in [0.4, 0.5) is 5.69 Å². The maximum Gasteiger partial charge on any atom is 0.253 e. The van der Waals surface area contributed by atoms with E-state index >= 15 is 0 Å². The van der Waals surface area contributed by atoms with Crippen LogP contribution in [0, 0.1) is 13.8 Å². The highest BCUT2D eigenvalue weighted by Gasteiger charge is 2.16. The minimum Gasteiger partial charge on any atom is -0.345 e. The van der Waals surface area contributed by atoms with Crippen LogP contribution in [0.25, 0.3) is 0 Å². The highest BCUT2D eigenvalue weighted by molar-refractivity contribution is 7.99. The van der Waals surface area contributed by atoms with Crippen molar-refractivity contribution < 1.29 is 9.59 Å². The Bertz CT molecular complexity index is 1200.